The summed E-state index contributed by atoms with van der Waals surface area (Å²) >= 11 is 0. The molecule has 1 aromatic heterocycles. The summed E-state index contributed by atoms with van der Waals surface area (Å²) in [5.74, 6) is -4.95. The molecule has 0 aromatic carbocycles. The van der Waals surface area contributed by atoms with E-state index in [0.29, 0.717) is 5.69 Å². The first-order chi connectivity index (χ1) is 14.4. The maximum absolute atomic E-state index is 12.5. The number of aliphatic hydroxyl groups is 1. The van der Waals surface area contributed by atoms with Crippen molar-refractivity contribution in [2.24, 2.45) is 11.5 Å². The maximum atomic E-state index is 12.5. The number of aromatic nitrogens is 2. The van der Waals surface area contributed by atoms with E-state index in [1.165, 1.54) is 26.4 Å². The Balaban J connectivity index is 2.70. The SMILES string of the molecule is CC(NC(=O)C(NC(=O)C(N)Cc1cnc[nH]1)C(C)O)C(=O)NC(CC(N)=O)C(=O)O. The molecule has 0 radical (unpaired) electrons. The Labute approximate surface area is 177 Å². The number of carbonyl (C=O) groups is 5. The van der Waals surface area contributed by atoms with Crippen molar-refractivity contribution in [3.8, 4) is 0 Å². The van der Waals surface area contributed by atoms with Gasteiger partial charge in [-0.1, -0.05) is 0 Å². The molecule has 0 aliphatic carbocycles. The lowest BCUT2D eigenvalue weighted by molar-refractivity contribution is -0.143. The van der Waals surface area contributed by atoms with Gasteiger partial charge in [-0.25, -0.2) is 9.78 Å². The Kier molecular flexibility index (Phi) is 9.56. The van der Waals surface area contributed by atoms with Crippen molar-refractivity contribution >= 4 is 29.6 Å². The first-order valence-electron chi connectivity index (χ1n) is 9.25. The van der Waals surface area contributed by atoms with E-state index in [0.717, 1.165) is 0 Å². The van der Waals surface area contributed by atoms with Gasteiger partial charge >= 0.3 is 5.97 Å². The summed E-state index contributed by atoms with van der Waals surface area (Å²) in [5.41, 5.74) is 11.3. The van der Waals surface area contributed by atoms with Crippen LogP contribution >= 0.6 is 0 Å². The molecule has 0 bridgehead atoms. The fourth-order valence-electron chi connectivity index (χ4n) is 2.46. The zero-order chi connectivity index (χ0) is 23.7. The fourth-order valence-corrected chi connectivity index (χ4v) is 2.46. The molecule has 0 aliphatic heterocycles. The molecule has 172 valence electrons. The molecule has 5 atom stereocenters. The molecule has 0 saturated heterocycles. The first-order valence-corrected chi connectivity index (χ1v) is 9.25. The lowest BCUT2D eigenvalue weighted by Gasteiger charge is -2.25. The van der Waals surface area contributed by atoms with Gasteiger partial charge in [-0.3, -0.25) is 19.2 Å². The van der Waals surface area contributed by atoms with E-state index in [-0.39, 0.29) is 6.42 Å². The van der Waals surface area contributed by atoms with Crippen molar-refractivity contribution in [3.05, 3.63) is 18.2 Å². The molecule has 10 N–H and O–H groups in total. The number of aliphatic hydroxyl groups excluding tert-OH is 1. The zero-order valence-corrected chi connectivity index (χ0v) is 17.0. The Morgan fingerprint density at radius 3 is 2.23 bits per heavy atom. The third kappa shape index (κ3) is 8.39. The number of primary amides is 1. The Hall–Kier alpha value is -3.52. The van der Waals surface area contributed by atoms with E-state index >= 15 is 0 Å². The number of nitrogens with one attached hydrogen (secondary N) is 4. The summed E-state index contributed by atoms with van der Waals surface area (Å²) in [4.78, 5) is 65.5. The number of aromatic amines is 1. The molecule has 1 rings (SSSR count). The van der Waals surface area contributed by atoms with Crippen LogP contribution in [-0.4, -0.2) is 80.1 Å². The number of carboxylic acids is 1. The van der Waals surface area contributed by atoms with E-state index < -0.39 is 66.3 Å². The fraction of sp³-hybridized carbons (Fsp3) is 0.529. The van der Waals surface area contributed by atoms with Crippen LogP contribution in [0.3, 0.4) is 0 Å². The second kappa shape index (κ2) is 11.6. The van der Waals surface area contributed by atoms with Crippen LogP contribution < -0.4 is 27.4 Å². The number of amides is 4. The maximum Gasteiger partial charge on any atom is 0.326 e. The van der Waals surface area contributed by atoms with Crippen molar-refractivity contribution in [1.82, 2.24) is 25.9 Å². The molecular weight excluding hydrogens is 414 g/mol. The number of aliphatic carboxylic acids is 1. The number of H-pyrrole nitrogens is 1. The Morgan fingerprint density at radius 1 is 1.10 bits per heavy atom. The lowest BCUT2D eigenvalue weighted by Crippen LogP contribution is -2.59. The minimum absolute atomic E-state index is 0.106. The van der Waals surface area contributed by atoms with Gasteiger partial charge in [0.1, 0.15) is 18.1 Å². The molecule has 31 heavy (non-hydrogen) atoms. The highest BCUT2D eigenvalue weighted by atomic mass is 16.4. The second-order valence-corrected chi connectivity index (χ2v) is 6.91. The summed E-state index contributed by atoms with van der Waals surface area (Å²) < 4.78 is 0. The molecule has 0 spiro atoms. The monoisotopic (exact) mass is 441 g/mol. The molecule has 4 amide bonds. The van der Waals surface area contributed by atoms with Crippen molar-refractivity contribution in [2.75, 3.05) is 0 Å². The number of carboxylic acid groups (broad SMARTS) is 1. The van der Waals surface area contributed by atoms with Crippen LogP contribution in [0, 0.1) is 0 Å². The van der Waals surface area contributed by atoms with Crippen LogP contribution in [0.1, 0.15) is 26.0 Å². The molecule has 14 nitrogen and oxygen atoms in total. The van der Waals surface area contributed by atoms with Gasteiger partial charge in [0, 0.05) is 18.3 Å². The van der Waals surface area contributed by atoms with Gasteiger partial charge < -0.3 is 42.6 Å². The van der Waals surface area contributed by atoms with Gasteiger partial charge in [0.15, 0.2) is 0 Å². The summed E-state index contributed by atoms with van der Waals surface area (Å²) in [6.07, 6.45) is 1.03. The summed E-state index contributed by atoms with van der Waals surface area (Å²) in [6.45, 7) is 2.50. The van der Waals surface area contributed by atoms with Gasteiger partial charge in [0.05, 0.1) is 24.9 Å². The van der Waals surface area contributed by atoms with E-state index in [1.54, 1.807) is 0 Å². The van der Waals surface area contributed by atoms with E-state index in [2.05, 4.69) is 25.9 Å². The predicted octanol–water partition coefficient (Wildman–Crippen LogP) is -3.91. The Bertz CT molecular complexity index is 797. The number of nitrogens with zero attached hydrogens (tertiary/aromatic N) is 1. The normalized spacial score (nSPS) is 15.6. The van der Waals surface area contributed by atoms with Gasteiger partial charge in [0.2, 0.25) is 23.6 Å². The van der Waals surface area contributed by atoms with Gasteiger partial charge in [-0.05, 0) is 13.8 Å². The molecule has 1 heterocycles. The number of imidazole rings is 1. The predicted molar refractivity (Wildman–Crippen MR) is 105 cm³/mol. The summed E-state index contributed by atoms with van der Waals surface area (Å²) in [7, 11) is 0. The molecule has 1 aromatic rings. The van der Waals surface area contributed by atoms with Crippen LogP contribution in [0.4, 0.5) is 0 Å². The van der Waals surface area contributed by atoms with Gasteiger partial charge in [-0.15, -0.1) is 0 Å². The van der Waals surface area contributed by atoms with E-state index in [9.17, 15) is 29.1 Å². The highest BCUT2D eigenvalue weighted by Crippen LogP contribution is 2.01. The molecule has 5 unspecified atom stereocenters. The molecule has 0 saturated carbocycles. The number of hydrogen-bond donors (Lipinski definition) is 8. The number of carbonyl (C=O) groups excluding carboxylic acids is 4. The topological polar surface area (TPSA) is 243 Å². The highest BCUT2D eigenvalue weighted by Gasteiger charge is 2.31. The molecule has 0 aliphatic rings. The number of rotatable bonds is 12. The summed E-state index contributed by atoms with van der Waals surface area (Å²) in [6, 6.07) is -5.30. The third-order valence-electron chi connectivity index (χ3n) is 4.17. The van der Waals surface area contributed by atoms with Crippen molar-refractivity contribution in [1.29, 1.82) is 0 Å². The molecular formula is C17H27N7O7. The van der Waals surface area contributed by atoms with Crippen LogP contribution in [0.25, 0.3) is 0 Å². The van der Waals surface area contributed by atoms with E-state index in [4.69, 9.17) is 16.6 Å². The minimum atomic E-state index is -1.57. The van der Waals surface area contributed by atoms with Crippen molar-refractivity contribution < 1.29 is 34.2 Å². The lowest BCUT2D eigenvalue weighted by atomic mass is 10.1. The van der Waals surface area contributed by atoms with Gasteiger partial charge in [0.25, 0.3) is 0 Å². The standard InChI is InChI=1S/C17H27N7O7/c1-7(14(27)23-11(17(30)31)4-12(19)26)22-16(29)13(8(2)25)24-15(28)10(18)3-9-5-20-6-21-9/h5-8,10-11,13,25H,3-4,18H2,1-2H3,(H2,19,26)(H,20,21)(H,22,29)(H,23,27)(H,24,28)(H,30,31). The second-order valence-electron chi connectivity index (χ2n) is 6.91. The van der Waals surface area contributed by atoms with Crippen LogP contribution in [-0.2, 0) is 30.4 Å². The smallest absolute Gasteiger partial charge is 0.326 e. The minimum Gasteiger partial charge on any atom is -0.480 e. The van der Waals surface area contributed by atoms with Crippen LogP contribution in [0.2, 0.25) is 0 Å². The average Bonchev–Trinajstić information content (AvgIpc) is 3.17. The molecule has 14 heteroatoms. The third-order valence-corrected chi connectivity index (χ3v) is 4.17. The molecule has 0 fully saturated rings. The highest BCUT2D eigenvalue weighted by molar-refractivity contribution is 5.94. The van der Waals surface area contributed by atoms with Crippen LogP contribution in [0.5, 0.6) is 0 Å². The first kappa shape index (κ1) is 25.5. The number of hydrogen-bond acceptors (Lipinski definition) is 8. The van der Waals surface area contributed by atoms with Crippen molar-refractivity contribution in [3.63, 3.8) is 0 Å². The average molecular weight is 441 g/mol. The van der Waals surface area contributed by atoms with Gasteiger partial charge in [-0.2, -0.15) is 0 Å². The largest absolute Gasteiger partial charge is 0.480 e. The van der Waals surface area contributed by atoms with Crippen LogP contribution in [0.15, 0.2) is 12.5 Å². The van der Waals surface area contributed by atoms with Crippen molar-refractivity contribution in [2.45, 2.75) is 57.0 Å². The van der Waals surface area contributed by atoms with E-state index in [1.807, 2.05) is 0 Å². The summed E-state index contributed by atoms with van der Waals surface area (Å²) in [5, 5.41) is 25.5. The number of nitrogens with two attached hydrogens (primary N) is 2. The zero-order valence-electron chi connectivity index (χ0n) is 17.0. The Morgan fingerprint density at radius 2 is 1.74 bits per heavy atom. The quantitative estimate of drug-likeness (QED) is 0.158.